The second-order valence-electron chi connectivity index (χ2n) is 9.69. The SMILES string of the molecule is CP(C)(=O)c1cccc(-c2c3ccccc3c(-c3ccc(-c4ccccc4)cc3)c3ccccc23)c1. The first-order valence-corrected chi connectivity index (χ1v) is 14.9. The maximum absolute atomic E-state index is 12.9. The van der Waals surface area contributed by atoms with Gasteiger partial charge in [0.05, 0.1) is 0 Å². The highest BCUT2D eigenvalue weighted by Gasteiger charge is 2.18. The van der Waals surface area contributed by atoms with Gasteiger partial charge in [0.15, 0.2) is 0 Å². The zero-order valence-corrected chi connectivity index (χ0v) is 21.4. The van der Waals surface area contributed by atoms with Crippen molar-refractivity contribution in [3.63, 3.8) is 0 Å². The molecule has 0 spiro atoms. The highest BCUT2D eigenvalue weighted by molar-refractivity contribution is 7.70. The van der Waals surface area contributed by atoms with E-state index in [1.54, 1.807) is 0 Å². The van der Waals surface area contributed by atoms with E-state index in [1.807, 2.05) is 31.5 Å². The van der Waals surface area contributed by atoms with Gasteiger partial charge in [-0.2, -0.15) is 0 Å². The predicted octanol–water partition coefficient (Wildman–Crippen LogP) is 9.24. The first-order valence-electron chi connectivity index (χ1n) is 12.3. The molecule has 0 aromatic heterocycles. The van der Waals surface area contributed by atoms with E-state index in [0.29, 0.717) is 0 Å². The minimum Gasteiger partial charge on any atom is -0.319 e. The van der Waals surface area contributed by atoms with Crippen LogP contribution in [0.5, 0.6) is 0 Å². The van der Waals surface area contributed by atoms with Gasteiger partial charge in [0.2, 0.25) is 0 Å². The molecule has 0 saturated carbocycles. The minimum atomic E-state index is -2.37. The van der Waals surface area contributed by atoms with Gasteiger partial charge >= 0.3 is 0 Å². The molecule has 6 rings (SSSR count). The van der Waals surface area contributed by atoms with Crippen LogP contribution in [0, 0.1) is 0 Å². The summed E-state index contributed by atoms with van der Waals surface area (Å²) in [5.74, 6) is 0. The predicted molar refractivity (Wildman–Crippen MR) is 157 cm³/mol. The van der Waals surface area contributed by atoms with E-state index >= 15 is 0 Å². The summed E-state index contributed by atoms with van der Waals surface area (Å²) >= 11 is 0. The van der Waals surface area contributed by atoms with Gasteiger partial charge in [-0.15, -0.1) is 0 Å². The molecule has 0 N–H and O–H groups in total. The third kappa shape index (κ3) is 3.96. The molecule has 6 aromatic rings. The number of fused-ring (bicyclic) bond motifs is 2. The van der Waals surface area contributed by atoms with Crippen molar-refractivity contribution in [2.24, 2.45) is 0 Å². The highest BCUT2D eigenvalue weighted by atomic mass is 31.2. The Morgan fingerprint density at radius 1 is 0.417 bits per heavy atom. The Balaban J connectivity index is 1.63. The summed E-state index contributed by atoms with van der Waals surface area (Å²) in [6.45, 7) is 3.68. The molecule has 0 radical (unpaired) electrons. The molecule has 1 nitrogen and oxygen atoms in total. The summed E-state index contributed by atoms with van der Waals surface area (Å²) in [7, 11) is -2.37. The summed E-state index contributed by atoms with van der Waals surface area (Å²) in [5.41, 5.74) is 7.19. The molecule has 6 aromatic carbocycles. The van der Waals surface area contributed by atoms with E-state index in [1.165, 1.54) is 49.4 Å². The number of hydrogen-bond donors (Lipinski definition) is 0. The summed E-state index contributed by atoms with van der Waals surface area (Å²) in [5, 5.41) is 5.77. The Morgan fingerprint density at radius 3 is 1.36 bits per heavy atom. The van der Waals surface area contributed by atoms with Crippen LogP contribution in [-0.4, -0.2) is 13.3 Å². The smallest absolute Gasteiger partial charge is 0.109 e. The van der Waals surface area contributed by atoms with E-state index in [4.69, 9.17) is 0 Å². The first-order chi connectivity index (χ1) is 17.5. The molecule has 0 aliphatic carbocycles. The van der Waals surface area contributed by atoms with Crippen molar-refractivity contribution in [1.82, 2.24) is 0 Å². The van der Waals surface area contributed by atoms with Crippen molar-refractivity contribution in [3.8, 4) is 33.4 Å². The van der Waals surface area contributed by atoms with E-state index in [-0.39, 0.29) is 0 Å². The van der Waals surface area contributed by atoms with E-state index in [2.05, 4.69) is 109 Å². The molecule has 2 heteroatoms. The fourth-order valence-corrected chi connectivity index (χ4v) is 6.10. The van der Waals surface area contributed by atoms with Gasteiger partial charge in [-0.1, -0.05) is 121 Å². The van der Waals surface area contributed by atoms with Gasteiger partial charge in [-0.05, 0) is 74.3 Å². The topological polar surface area (TPSA) is 17.1 Å². The maximum atomic E-state index is 12.9. The van der Waals surface area contributed by atoms with Crippen molar-refractivity contribution in [3.05, 3.63) is 127 Å². The standard InChI is InChI=1S/C34H27OP/c1-36(2,35)28-14-10-13-27(23-28)34-31-17-8-6-15-29(31)33(30-16-7-9-18-32(30)34)26-21-19-25(20-22-26)24-11-4-3-5-12-24/h3-23H,1-2H3. The fraction of sp³-hybridized carbons (Fsp3) is 0.0588. The van der Waals surface area contributed by atoms with Crippen LogP contribution in [0.2, 0.25) is 0 Å². The Bertz CT molecular complexity index is 1700. The van der Waals surface area contributed by atoms with E-state index in [9.17, 15) is 4.57 Å². The molecule has 0 bridgehead atoms. The molecule has 174 valence electrons. The monoisotopic (exact) mass is 482 g/mol. The largest absolute Gasteiger partial charge is 0.319 e. The van der Waals surface area contributed by atoms with Crippen LogP contribution in [0.25, 0.3) is 54.9 Å². The van der Waals surface area contributed by atoms with Gasteiger partial charge in [-0.3, -0.25) is 0 Å². The van der Waals surface area contributed by atoms with E-state index < -0.39 is 7.14 Å². The van der Waals surface area contributed by atoms with Crippen LogP contribution >= 0.6 is 7.14 Å². The summed E-state index contributed by atoms with van der Waals surface area (Å²) < 4.78 is 12.9. The molecule has 0 amide bonds. The number of benzene rings is 6. The molecule has 0 unspecified atom stereocenters. The second-order valence-corrected chi connectivity index (χ2v) is 12.9. The van der Waals surface area contributed by atoms with Gasteiger partial charge < -0.3 is 4.57 Å². The van der Waals surface area contributed by atoms with Crippen molar-refractivity contribution >= 4 is 34.0 Å². The average Bonchev–Trinajstić information content (AvgIpc) is 2.92. The zero-order valence-electron chi connectivity index (χ0n) is 20.5. The average molecular weight is 483 g/mol. The molecule has 0 aliphatic heterocycles. The lowest BCUT2D eigenvalue weighted by molar-refractivity contribution is 0.588. The van der Waals surface area contributed by atoms with Crippen LogP contribution in [0.15, 0.2) is 127 Å². The van der Waals surface area contributed by atoms with Gasteiger partial charge in [-0.25, -0.2) is 0 Å². The second kappa shape index (κ2) is 8.94. The molecule has 0 heterocycles. The lowest BCUT2D eigenvalue weighted by atomic mass is 9.86. The normalized spacial score (nSPS) is 11.7. The lowest BCUT2D eigenvalue weighted by Gasteiger charge is -2.18. The first kappa shape index (κ1) is 22.5. The Labute approximate surface area is 212 Å². The molecule has 0 saturated heterocycles. The fourth-order valence-electron chi connectivity index (χ4n) is 5.21. The van der Waals surface area contributed by atoms with Crippen molar-refractivity contribution in [1.29, 1.82) is 0 Å². The third-order valence-corrected chi connectivity index (χ3v) is 8.49. The van der Waals surface area contributed by atoms with E-state index in [0.717, 1.165) is 10.9 Å². The molecule has 0 fully saturated rings. The quantitative estimate of drug-likeness (QED) is 0.181. The summed E-state index contributed by atoms with van der Waals surface area (Å²) in [4.78, 5) is 0. The van der Waals surface area contributed by atoms with Crippen LogP contribution < -0.4 is 5.30 Å². The Morgan fingerprint density at radius 2 is 0.833 bits per heavy atom. The summed E-state index contributed by atoms with van der Waals surface area (Å²) in [6.07, 6.45) is 0. The Hall–Kier alpha value is -3.93. The van der Waals surface area contributed by atoms with Crippen LogP contribution in [0.4, 0.5) is 0 Å². The molecule has 0 atom stereocenters. The highest BCUT2D eigenvalue weighted by Crippen LogP contribution is 2.44. The maximum Gasteiger partial charge on any atom is 0.109 e. The summed E-state index contributed by atoms with van der Waals surface area (Å²) in [6, 6.07) is 45.0. The molecular formula is C34H27OP. The molecular weight excluding hydrogens is 455 g/mol. The third-order valence-electron chi connectivity index (χ3n) is 6.97. The van der Waals surface area contributed by atoms with Gasteiger partial charge in [0.1, 0.15) is 7.14 Å². The minimum absolute atomic E-state index is 0.911. The van der Waals surface area contributed by atoms with Gasteiger partial charge in [0.25, 0.3) is 0 Å². The van der Waals surface area contributed by atoms with Gasteiger partial charge in [0, 0.05) is 5.30 Å². The van der Waals surface area contributed by atoms with Crippen molar-refractivity contribution < 1.29 is 4.57 Å². The Kier molecular flexibility index (Phi) is 5.59. The van der Waals surface area contributed by atoms with Crippen LogP contribution in [-0.2, 0) is 4.57 Å². The molecule has 36 heavy (non-hydrogen) atoms. The zero-order chi connectivity index (χ0) is 24.7. The van der Waals surface area contributed by atoms with Crippen LogP contribution in [0.3, 0.4) is 0 Å². The van der Waals surface area contributed by atoms with Crippen LogP contribution in [0.1, 0.15) is 0 Å². The van der Waals surface area contributed by atoms with Crippen molar-refractivity contribution in [2.45, 2.75) is 0 Å². The number of hydrogen-bond acceptors (Lipinski definition) is 1. The molecule has 0 aliphatic rings. The van der Waals surface area contributed by atoms with Crippen molar-refractivity contribution in [2.75, 3.05) is 13.3 Å². The number of rotatable bonds is 4. The lowest BCUT2D eigenvalue weighted by Crippen LogP contribution is -2.02.